The summed E-state index contributed by atoms with van der Waals surface area (Å²) < 4.78 is 7.24. The number of fused-ring (bicyclic) bond motifs is 9. The molecular formula is C33H23N4+3. The van der Waals surface area contributed by atoms with Gasteiger partial charge in [-0.3, -0.25) is 0 Å². The van der Waals surface area contributed by atoms with E-state index in [1.165, 1.54) is 33.5 Å². The van der Waals surface area contributed by atoms with E-state index in [9.17, 15) is 0 Å². The Kier molecular flexibility index (Phi) is 4.12. The van der Waals surface area contributed by atoms with Gasteiger partial charge in [0.2, 0.25) is 17.1 Å². The van der Waals surface area contributed by atoms with E-state index in [0.717, 1.165) is 17.1 Å². The van der Waals surface area contributed by atoms with Crippen LogP contribution in [0.25, 0.3) is 45.0 Å². The van der Waals surface area contributed by atoms with Gasteiger partial charge >= 0.3 is 5.79 Å². The summed E-state index contributed by atoms with van der Waals surface area (Å²) >= 11 is 0. The van der Waals surface area contributed by atoms with Gasteiger partial charge in [0.25, 0.3) is 0 Å². The second-order valence-corrected chi connectivity index (χ2v) is 9.53. The van der Waals surface area contributed by atoms with Gasteiger partial charge in [-0.1, -0.05) is 44.0 Å². The van der Waals surface area contributed by atoms with Crippen LogP contribution in [0.2, 0.25) is 0 Å². The smallest absolute Gasteiger partial charge is 0.250 e. The lowest BCUT2D eigenvalue weighted by molar-refractivity contribution is -1.15. The number of hydrogen-bond donors (Lipinski definition) is 0. The van der Waals surface area contributed by atoms with Crippen molar-refractivity contribution >= 4 is 0 Å². The highest BCUT2D eigenvalue weighted by Gasteiger charge is 2.71. The van der Waals surface area contributed by atoms with E-state index in [4.69, 9.17) is 4.98 Å². The molecule has 0 unspecified atom stereocenters. The van der Waals surface area contributed by atoms with Gasteiger partial charge in [-0.05, 0) is 54.1 Å². The van der Waals surface area contributed by atoms with Crippen molar-refractivity contribution in [2.24, 2.45) is 0 Å². The molecule has 4 heteroatoms. The molecule has 2 aromatic carbocycles. The summed E-state index contributed by atoms with van der Waals surface area (Å²) in [6.45, 7) is 0. The van der Waals surface area contributed by atoms with Crippen LogP contribution in [0, 0.1) is 0 Å². The maximum absolute atomic E-state index is 4.78. The van der Waals surface area contributed by atoms with Crippen LogP contribution in [0.15, 0.2) is 140 Å². The van der Waals surface area contributed by atoms with Crippen LogP contribution in [-0.4, -0.2) is 4.98 Å². The van der Waals surface area contributed by atoms with Gasteiger partial charge in [-0.2, -0.15) is 0 Å². The molecule has 4 aromatic heterocycles. The zero-order chi connectivity index (χ0) is 24.4. The van der Waals surface area contributed by atoms with Crippen LogP contribution >= 0.6 is 0 Å². The molecule has 0 spiro atoms. The number of benzene rings is 2. The summed E-state index contributed by atoms with van der Waals surface area (Å²) in [4.78, 5) is 4.78. The van der Waals surface area contributed by atoms with Crippen LogP contribution in [-0.2, 0) is 5.79 Å². The highest BCUT2D eigenvalue weighted by molar-refractivity contribution is 5.81. The summed E-state index contributed by atoms with van der Waals surface area (Å²) in [7, 11) is 0. The zero-order valence-corrected chi connectivity index (χ0v) is 20.1. The summed E-state index contributed by atoms with van der Waals surface area (Å²) in [5, 5.41) is 0. The Morgan fingerprint density at radius 1 is 0.486 bits per heavy atom. The van der Waals surface area contributed by atoms with Gasteiger partial charge in [0.05, 0.1) is 5.56 Å². The van der Waals surface area contributed by atoms with Crippen LogP contribution in [0.5, 0.6) is 0 Å². The molecule has 2 aliphatic heterocycles. The summed E-state index contributed by atoms with van der Waals surface area (Å²) in [6.07, 6.45) is 8.48. The minimum Gasteiger partial charge on any atom is -0.250 e. The first-order valence-electron chi connectivity index (χ1n) is 12.6. The maximum atomic E-state index is 4.78. The summed E-state index contributed by atoms with van der Waals surface area (Å²) in [6, 6.07) is 41.1. The molecule has 0 aliphatic carbocycles. The molecule has 0 saturated heterocycles. The Labute approximate surface area is 215 Å². The third-order valence-electron chi connectivity index (χ3n) is 7.66. The molecule has 0 radical (unpaired) electrons. The third kappa shape index (κ3) is 2.62. The first kappa shape index (κ1) is 20.3. The van der Waals surface area contributed by atoms with Crippen LogP contribution in [0.1, 0.15) is 5.56 Å². The summed E-state index contributed by atoms with van der Waals surface area (Å²) in [5.41, 5.74) is 10.4. The van der Waals surface area contributed by atoms with Crippen molar-refractivity contribution < 1.29 is 13.7 Å². The highest BCUT2D eigenvalue weighted by Crippen LogP contribution is 2.43. The van der Waals surface area contributed by atoms with Crippen molar-refractivity contribution in [1.82, 2.24) is 4.98 Å². The fourth-order valence-corrected chi connectivity index (χ4v) is 6.25. The second-order valence-electron chi connectivity index (χ2n) is 9.53. The van der Waals surface area contributed by atoms with E-state index in [2.05, 4.69) is 141 Å². The normalized spacial score (nSPS) is 16.2. The number of rotatable bonds is 2. The monoisotopic (exact) mass is 475 g/mol. The van der Waals surface area contributed by atoms with E-state index in [0.29, 0.717) is 0 Å². The van der Waals surface area contributed by atoms with Gasteiger partial charge < -0.3 is 0 Å². The molecular weight excluding hydrogens is 452 g/mol. The van der Waals surface area contributed by atoms with Crippen molar-refractivity contribution in [2.75, 3.05) is 0 Å². The molecule has 0 fully saturated rings. The maximum Gasteiger partial charge on any atom is 0.591 e. The molecule has 37 heavy (non-hydrogen) atoms. The lowest BCUT2D eigenvalue weighted by Crippen LogP contribution is -2.86. The first-order valence-corrected chi connectivity index (χ1v) is 12.6. The number of hydrogen-bond acceptors (Lipinski definition) is 1. The van der Waals surface area contributed by atoms with Gasteiger partial charge in [0.15, 0.2) is 24.2 Å². The van der Waals surface area contributed by atoms with E-state index in [1.54, 1.807) is 0 Å². The average molecular weight is 476 g/mol. The van der Waals surface area contributed by atoms with E-state index in [1.807, 2.05) is 12.3 Å². The van der Waals surface area contributed by atoms with Crippen molar-refractivity contribution in [3.05, 3.63) is 146 Å². The largest absolute Gasteiger partial charge is 0.591 e. The lowest BCUT2D eigenvalue weighted by Gasteiger charge is -2.22. The Morgan fingerprint density at radius 2 is 1.11 bits per heavy atom. The topological polar surface area (TPSA) is 24.5 Å². The SMILES string of the molecule is c1ccc(-c2cccc[n+]2[C@]23c4c(cccc4-c4cccc[n+]42)-c2cccc(c2)-c2cccc[n+]23)nc1. The minimum atomic E-state index is -0.739. The van der Waals surface area contributed by atoms with Crippen LogP contribution in [0.3, 0.4) is 0 Å². The Morgan fingerprint density at radius 3 is 1.89 bits per heavy atom. The zero-order valence-electron chi connectivity index (χ0n) is 20.1. The molecule has 0 N–H and O–H groups in total. The summed E-state index contributed by atoms with van der Waals surface area (Å²) in [5.74, 6) is -0.739. The van der Waals surface area contributed by atoms with Gasteiger partial charge in [-0.15, -0.1) is 0 Å². The molecule has 0 amide bonds. The standard InChI is InChI=1S/C33H23N4/c1-5-19-34-28(15-1)31-18-4-8-22-37(31)33-32-26(13-10-14-27(32)30-17-3-7-21-36(30)33)24-11-9-12-25(23-24)29-16-2-6-20-35(29)33/h1-23H/q+3/t33-/m0/s1. The third-order valence-corrected chi connectivity index (χ3v) is 7.66. The van der Waals surface area contributed by atoms with Crippen LogP contribution < -0.4 is 13.7 Å². The van der Waals surface area contributed by atoms with Gasteiger partial charge in [0.1, 0.15) is 5.69 Å². The minimum absolute atomic E-state index is 0.739. The van der Waals surface area contributed by atoms with Crippen molar-refractivity contribution in [1.29, 1.82) is 0 Å². The fourth-order valence-electron chi connectivity index (χ4n) is 6.25. The number of pyridine rings is 4. The molecule has 6 aromatic rings. The van der Waals surface area contributed by atoms with Crippen molar-refractivity contribution in [3.8, 4) is 45.0 Å². The molecule has 2 bridgehead atoms. The van der Waals surface area contributed by atoms with Crippen LogP contribution in [0.4, 0.5) is 0 Å². The number of nitrogens with zero attached hydrogens (tertiary/aromatic N) is 4. The molecule has 1 atom stereocenters. The van der Waals surface area contributed by atoms with Gasteiger partial charge in [-0.25, -0.2) is 4.98 Å². The molecule has 4 nitrogen and oxygen atoms in total. The molecule has 0 saturated carbocycles. The Bertz CT molecular complexity index is 1840. The Hall–Kier alpha value is -4.96. The first-order chi connectivity index (χ1) is 18.4. The van der Waals surface area contributed by atoms with E-state index >= 15 is 0 Å². The quantitative estimate of drug-likeness (QED) is 0.323. The number of aromatic nitrogens is 4. The Balaban J connectivity index is 1.65. The fraction of sp³-hybridized carbons (Fsp3) is 0.0303. The van der Waals surface area contributed by atoms with Crippen molar-refractivity contribution in [2.45, 2.75) is 5.79 Å². The van der Waals surface area contributed by atoms with E-state index in [-0.39, 0.29) is 0 Å². The molecule has 172 valence electrons. The lowest BCUT2D eigenvalue weighted by atomic mass is 9.88. The second kappa shape index (κ2) is 7.52. The molecule has 6 heterocycles. The molecule has 8 rings (SSSR count). The van der Waals surface area contributed by atoms with Gasteiger partial charge in [0, 0.05) is 53.7 Å². The highest BCUT2D eigenvalue weighted by atomic mass is 15.4. The predicted molar refractivity (Wildman–Crippen MR) is 141 cm³/mol. The van der Waals surface area contributed by atoms with Crippen molar-refractivity contribution in [3.63, 3.8) is 0 Å². The predicted octanol–water partition coefficient (Wildman–Crippen LogP) is 4.99. The molecule has 2 aliphatic rings. The van der Waals surface area contributed by atoms with E-state index < -0.39 is 5.79 Å². The average Bonchev–Trinajstić information content (AvgIpc) is 3.28.